The summed E-state index contributed by atoms with van der Waals surface area (Å²) in [4.78, 5) is 11.8. The lowest BCUT2D eigenvalue weighted by Gasteiger charge is -2.37. The zero-order valence-electron chi connectivity index (χ0n) is 12.9. The highest BCUT2D eigenvalue weighted by Crippen LogP contribution is 2.30. The van der Waals surface area contributed by atoms with Gasteiger partial charge in [0.05, 0.1) is 13.2 Å². The Bertz CT molecular complexity index is 634. The third-order valence-corrected chi connectivity index (χ3v) is 6.82. The summed E-state index contributed by atoms with van der Waals surface area (Å²) in [6, 6.07) is 1.09. The van der Waals surface area contributed by atoms with Crippen LogP contribution >= 0.6 is 23.7 Å². The van der Waals surface area contributed by atoms with Gasteiger partial charge in [-0.1, -0.05) is 0 Å². The topological polar surface area (TPSA) is 98.9 Å². The molecule has 1 aliphatic rings. The van der Waals surface area contributed by atoms with E-state index in [0.717, 1.165) is 11.3 Å². The maximum absolute atomic E-state index is 12.9. The predicted octanol–water partition coefficient (Wildman–Crippen LogP) is 1.08. The van der Waals surface area contributed by atoms with E-state index in [-0.39, 0.29) is 40.9 Å². The third kappa shape index (κ3) is 4.04. The van der Waals surface area contributed by atoms with E-state index in [1.807, 2.05) is 0 Å². The van der Waals surface area contributed by atoms with E-state index in [1.54, 1.807) is 12.5 Å². The Kier molecular flexibility index (Phi) is 7.43. The summed E-state index contributed by atoms with van der Waals surface area (Å²) in [7, 11) is -0.955. The van der Waals surface area contributed by atoms with Crippen molar-refractivity contribution in [3.05, 3.63) is 16.3 Å². The summed E-state index contributed by atoms with van der Waals surface area (Å²) < 4.78 is 37.1. The number of methoxy groups -OCH3 is 2. The Labute approximate surface area is 146 Å². The second kappa shape index (κ2) is 8.41. The van der Waals surface area contributed by atoms with Crippen LogP contribution in [0, 0.1) is 0 Å². The molecule has 0 saturated carbocycles. The van der Waals surface area contributed by atoms with Crippen LogP contribution in [0.25, 0.3) is 0 Å². The first-order valence-corrected chi connectivity index (χ1v) is 9.18. The number of hydrogen-bond donors (Lipinski definition) is 1. The summed E-state index contributed by atoms with van der Waals surface area (Å²) >= 11 is 1.05. The van der Waals surface area contributed by atoms with Gasteiger partial charge in [-0.25, -0.2) is 13.2 Å². The molecule has 2 N–H and O–H groups in total. The zero-order chi connectivity index (χ0) is 16.3. The van der Waals surface area contributed by atoms with Crippen LogP contribution in [0.4, 0.5) is 0 Å². The minimum Gasteiger partial charge on any atom is -0.465 e. The van der Waals surface area contributed by atoms with Gasteiger partial charge in [0, 0.05) is 26.2 Å². The molecule has 0 radical (unpaired) electrons. The monoisotopic (exact) mass is 384 g/mol. The van der Waals surface area contributed by atoms with Crippen molar-refractivity contribution in [2.24, 2.45) is 5.73 Å². The summed E-state index contributed by atoms with van der Waals surface area (Å²) in [6.45, 7) is 0.524. The Morgan fingerprint density at radius 3 is 2.74 bits per heavy atom. The first-order valence-electron chi connectivity index (χ1n) is 6.86. The van der Waals surface area contributed by atoms with Crippen LogP contribution in [0.5, 0.6) is 0 Å². The van der Waals surface area contributed by atoms with E-state index < -0.39 is 16.0 Å². The van der Waals surface area contributed by atoms with Crippen LogP contribution < -0.4 is 5.73 Å². The molecular weight excluding hydrogens is 364 g/mol. The van der Waals surface area contributed by atoms with E-state index in [0.29, 0.717) is 19.4 Å². The summed E-state index contributed by atoms with van der Waals surface area (Å²) in [5.74, 6) is -0.648. The predicted molar refractivity (Wildman–Crippen MR) is 89.7 cm³/mol. The normalized spacial score (nSPS) is 22.4. The second-order valence-corrected chi connectivity index (χ2v) is 7.77. The molecule has 2 heterocycles. The quantitative estimate of drug-likeness (QED) is 0.763. The highest BCUT2D eigenvalue weighted by atomic mass is 35.5. The SMILES string of the molecule is COC(=O)c1sccc1S(=O)(=O)N1CCC(OC)CC1CN.Cl. The molecule has 7 nitrogen and oxygen atoms in total. The first kappa shape index (κ1) is 20.3. The number of thiophene rings is 1. The number of esters is 1. The van der Waals surface area contributed by atoms with Crippen LogP contribution in [0.3, 0.4) is 0 Å². The molecule has 2 rings (SSSR count). The standard InChI is InChI=1S/C13H20N2O5S2.ClH/c1-19-10-3-5-15(9(7-10)8-14)22(17,18)11-4-6-21-12(11)13(16)20-2;/h4,6,9-10H,3,5,7-8,14H2,1-2H3;1H. The van der Waals surface area contributed by atoms with E-state index in [4.69, 9.17) is 10.5 Å². The third-order valence-electron chi connectivity index (χ3n) is 3.81. The van der Waals surface area contributed by atoms with Gasteiger partial charge in [-0.05, 0) is 24.3 Å². The average molecular weight is 385 g/mol. The molecule has 1 aromatic heterocycles. The van der Waals surface area contributed by atoms with Crippen LogP contribution in [-0.4, -0.2) is 58.1 Å². The van der Waals surface area contributed by atoms with Crippen molar-refractivity contribution < 1.29 is 22.7 Å². The van der Waals surface area contributed by atoms with E-state index in [9.17, 15) is 13.2 Å². The second-order valence-electron chi connectivity index (χ2n) is 4.99. The summed E-state index contributed by atoms with van der Waals surface area (Å²) in [5.41, 5.74) is 5.73. The van der Waals surface area contributed by atoms with Crippen molar-refractivity contribution >= 4 is 39.7 Å². The average Bonchev–Trinajstić information content (AvgIpc) is 3.03. The van der Waals surface area contributed by atoms with Gasteiger partial charge in [0.25, 0.3) is 0 Å². The fourth-order valence-electron chi connectivity index (χ4n) is 2.61. The Morgan fingerprint density at radius 2 is 2.17 bits per heavy atom. The Morgan fingerprint density at radius 1 is 1.48 bits per heavy atom. The van der Waals surface area contributed by atoms with Crippen molar-refractivity contribution in [2.75, 3.05) is 27.3 Å². The molecule has 1 saturated heterocycles. The molecule has 132 valence electrons. The molecule has 1 aromatic rings. The van der Waals surface area contributed by atoms with Gasteiger partial charge in [0.1, 0.15) is 9.77 Å². The molecule has 0 spiro atoms. The summed E-state index contributed by atoms with van der Waals surface area (Å²) in [6.07, 6.45) is 1.15. The van der Waals surface area contributed by atoms with Gasteiger partial charge in [0.2, 0.25) is 10.0 Å². The number of halogens is 1. The van der Waals surface area contributed by atoms with Crippen LogP contribution in [0.15, 0.2) is 16.3 Å². The Hall–Kier alpha value is -0.710. The van der Waals surface area contributed by atoms with E-state index >= 15 is 0 Å². The van der Waals surface area contributed by atoms with Crippen LogP contribution in [0.2, 0.25) is 0 Å². The number of sulfonamides is 1. The van der Waals surface area contributed by atoms with Crippen LogP contribution in [-0.2, 0) is 19.5 Å². The fourth-order valence-corrected chi connectivity index (χ4v) is 5.58. The molecule has 10 heteroatoms. The zero-order valence-corrected chi connectivity index (χ0v) is 15.4. The maximum Gasteiger partial charge on any atom is 0.349 e. The lowest BCUT2D eigenvalue weighted by Crippen LogP contribution is -2.51. The lowest BCUT2D eigenvalue weighted by molar-refractivity contribution is 0.0400. The number of carbonyl (C=O) groups excluding carboxylic acids is 1. The molecule has 2 atom stereocenters. The minimum absolute atomic E-state index is 0. The number of carbonyl (C=O) groups is 1. The van der Waals surface area contributed by atoms with Crippen molar-refractivity contribution in [2.45, 2.75) is 29.9 Å². The number of hydrogen-bond acceptors (Lipinski definition) is 7. The van der Waals surface area contributed by atoms with Gasteiger partial charge in [-0.2, -0.15) is 4.31 Å². The molecule has 23 heavy (non-hydrogen) atoms. The fraction of sp³-hybridized carbons (Fsp3) is 0.615. The van der Waals surface area contributed by atoms with E-state index in [2.05, 4.69) is 4.74 Å². The number of piperidine rings is 1. The number of nitrogens with two attached hydrogens (primary N) is 1. The lowest BCUT2D eigenvalue weighted by atomic mass is 10.0. The van der Waals surface area contributed by atoms with Crippen molar-refractivity contribution in [1.82, 2.24) is 4.31 Å². The number of rotatable bonds is 5. The molecule has 0 bridgehead atoms. The first-order chi connectivity index (χ1) is 10.5. The minimum atomic E-state index is -3.79. The van der Waals surface area contributed by atoms with E-state index in [1.165, 1.54) is 17.5 Å². The molecule has 2 unspecified atom stereocenters. The van der Waals surface area contributed by atoms with Gasteiger partial charge >= 0.3 is 5.97 Å². The molecule has 1 fully saturated rings. The molecule has 1 aliphatic heterocycles. The highest BCUT2D eigenvalue weighted by molar-refractivity contribution is 7.89. The highest BCUT2D eigenvalue weighted by Gasteiger charge is 2.38. The van der Waals surface area contributed by atoms with Gasteiger partial charge in [-0.15, -0.1) is 23.7 Å². The van der Waals surface area contributed by atoms with Crippen molar-refractivity contribution in [3.63, 3.8) is 0 Å². The smallest absolute Gasteiger partial charge is 0.349 e. The Balaban J connectivity index is 0.00000264. The van der Waals surface area contributed by atoms with Gasteiger partial charge < -0.3 is 15.2 Å². The maximum atomic E-state index is 12.9. The number of nitrogens with zero attached hydrogens (tertiary/aromatic N) is 1. The van der Waals surface area contributed by atoms with Gasteiger partial charge in [0.15, 0.2) is 0 Å². The number of ether oxygens (including phenoxy) is 2. The molecular formula is C13H21ClN2O5S2. The molecule has 0 aliphatic carbocycles. The van der Waals surface area contributed by atoms with Crippen molar-refractivity contribution in [1.29, 1.82) is 0 Å². The van der Waals surface area contributed by atoms with Crippen molar-refractivity contribution in [3.8, 4) is 0 Å². The molecule has 0 amide bonds. The largest absolute Gasteiger partial charge is 0.465 e. The summed E-state index contributed by atoms with van der Waals surface area (Å²) in [5, 5.41) is 1.57. The molecule has 0 aromatic carbocycles. The van der Waals surface area contributed by atoms with Gasteiger partial charge in [-0.3, -0.25) is 0 Å². The van der Waals surface area contributed by atoms with Crippen LogP contribution in [0.1, 0.15) is 22.5 Å².